The second kappa shape index (κ2) is 7.51. The summed E-state index contributed by atoms with van der Waals surface area (Å²) in [5.41, 5.74) is 2.20. The van der Waals surface area contributed by atoms with Gasteiger partial charge < -0.3 is 10.4 Å². The highest BCUT2D eigenvalue weighted by atomic mass is 16.3. The molecule has 136 valence electrons. The van der Waals surface area contributed by atoms with E-state index in [0.29, 0.717) is 0 Å². The monoisotopic (exact) mass is 355 g/mol. The lowest BCUT2D eigenvalue weighted by Gasteiger charge is -2.26. The molecule has 0 aliphatic rings. The minimum absolute atomic E-state index is 0.0789. The molecule has 2 N–H and O–H groups in total. The number of rotatable bonds is 5. The van der Waals surface area contributed by atoms with Crippen LogP contribution in [0.2, 0.25) is 0 Å². The highest BCUT2D eigenvalue weighted by Crippen LogP contribution is 2.33. The Kier molecular flexibility index (Phi) is 4.93. The third-order valence-corrected chi connectivity index (χ3v) is 5.40. The SMILES string of the molecule is C[C@H](N[C@H](C)c1ccccc1)[C@@H](O)c1cc2ccccc2c2ccccc12. The molecule has 0 unspecified atom stereocenters. The van der Waals surface area contributed by atoms with Gasteiger partial charge in [-0.2, -0.15) is 0 Å². The van der Waals surface area contributed by atoms with E-state index < -0.39 is 6.10 Å². The fourth-order valence-electron chi connectivity index (χ4n) is 3.92. The zero-order valence-corrected chi connectivity index (χ0v) is 15.8. The van der Waals surface area contributed by atoms with Crippen LogP contribution in [0.25, 0.3) is 21.5 Å². The van der Waals surface area contributed by atoms with Gasteiger partial charge in [0.05, 0.1) is 6.10 Å². The van der Waals surface area contributed by atoms with Crippen molar-refractivity contribution in [1.29, 1.82) is 0 Å². The molecule has 4 rings (SSSR count). The maximum atomic E-state index is 11.2. The number of benzene rings is 4. The van der Waals surface area contributed by atoms with Gasteiger partial charge in [0.15, 0.2) is 0 Å². The molecule has 0 spiro atoms. The lowest BCUT2D eigenvalue weighted by atomic mass is 9.92. The van der Waals surface area contributed by atoms with Crippen molar-refractivity contribution in [3.8, 4) is 0 Å². The molecule has 4 aromatic rings. The van der Waals surface area contributed by atoms with Crippen molar-refractivity contribution in [3.63, 3.8) is 0 Å². The molecule has 4 aromatic carbocycles. The smallest absolute Gasteiger partial charge is 0.0946 e. The van der Waals surface area contributed by atoms with Crippen molar-refractivity contribution in [1.82, 2.24) is 5.32 Å². The van der Waals surface area contributed by atoms with Crippen molar-refractivity contribution in [2.75, 3.05) is 0 Å². The van der Waals surface area contributed by atoms with Gasteiger partial charge in [0, 0.05) is 12.1 Å². The van der Waals surface area contributed by atoms with Crippen molar-refractivity contribution in [2.24, 2.45) is 0 Å². The number of hydrogen-bond acceptors (Lipinski definition) is 2. The van der Waals surface area contributed by atoms with Gasteiger partial charge in [0.1, 0.15) is 0 Å². The van der Waals surface area contributed by atoms with Crippen molar-refractivity contribution >= 4 is 21.5 Å². The first-order valence-electron chi connectivity index (χ1n) is 9.54. The van der Waals surface area contributed by atoms with Crippen LogP contribution in [-0.4, -0.2) is 11.1 Å². The number of fused-ring (bicyclic) bond motifs is 3. The largest absolute Gasteiger partial charge is 0.387 e. The van der Waals surface area contributed by atoms with Crippen LogP contribution in [-0.2, 0) is 0 Å². The maximum Gasteiger partial charge on any atom is 0.0946 e. The molecule has 0 amide bonds. The minimum atomic E-state index is -0.592. The van der Waals surface area contributed by atoms with Gasteiger partial charge >= 0.3 is 0 Å². The molecule has 0 saturated heterocycles. The summed E-state index contributed by atoms with van der Waals surface area (Å²) in [6.45, 7) is 4.19. The Morgan fingerprint density at radius 2 is 1.30 bits per heavy atom. The summed E-state index contributed by atoms with van der Waals surface area (Å²) >= 11 is 0. The molecule has 0 aliphatic carbocycles. The molecule has 0 saturated carbocycles. The van der Waals surface area contributed by atoms with E-state index in [4.69, 9.17) is 0 Å². The molecule has 0 fully saturated rings. The Labute approximate surface area is 160 Å². The highest BCUT2D eigenvalue weighted by Gasteiger charge is 2.21. The predicted octanol–water partition coefficient (Wildman–Crippen LogP) is 5.77. The molecule has 0 aromatic heterocycles. The van der Waals surface area contributed by atoms with Crippen LogP contribution in [0.5, 0.6) is 0 Å². The fraction of sp³-hybridized carbons (Fsp3) is 0.200. The van der Waals surface area contributed by atoms with E-state index in [9.17, 15) is 5.11 Å². The van der Waals surface area contributed by atoms with Crippen LogP contribution in [0.4, 0.5) is 0 Å². The molecule has 0 heterocycles. The topological polar surface area (TPSA) is 32.3 Å². The van der Waals surface area contributed by atoms with E-state index in [1.165, 1.54) is 16.3 Å². The molecule has 2 nitrogen and oxygen atoms in total. The van der Waals surface area contributed by atoms with Crippen LogP contribution in [0, 0.1) is 0 Å². The first-order chi connectivity index (χ1) is 13.1. The molecule has 2 heteroatoms. The first kappa shape index (κ1) is 17.7. The third kappa shape index (κ3) is 3.46. The zero-order valence-electron chi connectivity index (χ0n) is 15.8. The van der Waals surface area contributed by atoms with E-state index in [-0.39, 0.29) is 12.1 Å². The number of aliphatic hydroxyl groups is 1. The Balaban J connectivity index is 1.70. The predicted molar refractivity (Wildman–Crippen MR) is 114 cm³/mol. The normalized spacial score (nSPS) is 14.9. The second-order valence-electron chi connectivity index (χ2n) is 7.27. The summed E-state index contributed by atoms with van der Waals surface area (Å²) in [6, 6.07) is 29.3. The second-order valence-corrected chi connectivity index (χ2v) is 7.27. The van der Waals surface area contributed by atoms with Crippen molar-refractivity contribution in [2.45, 2.75) is 32.0 Å². The number of nitrogens with one attached hydrogen (secondary N) is 1. The number of hydrogen-bond donors (Lipinski definition) is 2. The van der Waals surface area contributed by atoms with Crippen LogP contribution in [0.15, 0.2) is 84.9 Å². The van der Waals surface area contributed by atoms with Gasteiger partial charge in [-0.15, -0.1) is 0 Å². The molecule has 0 bridgehead atoms. The van der Waals surface area contributed by atoms with Crippen LogP contribution < -0.4 is 5.32 Å². The Morgan fingerprint density at radius 1 is 0.704 bits per heavy atom. The van der Waals surface area contributed by atoms with Gasteiger partial charge in [-0.25, -0.2) is 0 Å². The van der Waals surface area contributed by atoms with Crippen molar-refractivity contribution in [3.05, 3.63) is 96.1 Å². The summed E-state index contributed by atoms with van der Waals surface area (Å²) in [5.74, 6) is 0. The quantitative estimate of drug-likeness (QED) is 0.446. The van der Waals surface area contributed by atoms with Crippen LogP contribution >= 0.6 is 0 Å². The molecular formula is C25H25NO. The summed E-state index contributed by atoms with van der Waals surface area (Å²) in [5, 5.41) is 19.4. The first-order valence-corrected chi connectivity index (χ1v) is 9.54. The number of aliphatic hydroxyl groups excluding tert-OH is 1. The molecule has 27 heavy (non-hydrogen) atoms. The average Bonchev–Trinajstić information content (AvgIpc) is 2.73. The van der Waals surface area contributed by atoms with Crippen molar-refractivity contribution < 1.29 is 5.11 Å². The average molecular weight is 355 g/mol. The Hall–Kier alpha value is -2.68. The highest BCUT2D eigenvalue weighted by molar-refractivity contribution is 6.09. The van der Waals surface area contributed by atoms with Gasteiger partial charge in [-0.3, -0.25) is 0 Å². The Morgan fingerprint density at radius 3 is 2.04 bits per heavy atom. The third-order valence-electron chi connectivity index (χ3n) is 5.40. The van der Waals surface area contributed by atoms with E-state index in [0.717, 1.165) is 16.3 Å². The lowest BCUT2D eigenvalue weighted by molar-refractivity contribution is 0.132. The Bertz CT molecular complexity index is 1060. The van der Waals surface area contributed by atoms with Gasteiger partial charge in [0.25, 0.3) is 0 Å². The van der Waals surface area contributed by atoms with Gasteiger partial charge in [-0.05, 0) is 52.6 Å². The molecular weight excluding hydrogens is 330 g/mol. The molecule has 0 aliphatic heterocycles. The maximum absolute atomic E-state index is 11.2. The van der Waals surface area contributed by atoms with E-state index in [1.807, 2.05) is 37.3 Å². The van der Waals surface area contributed by atoms with E-state index in [2.05, 4.69) is 66.8 Å². The van der Waals surface area contributed by atoms with Crippen LogP contribution in [0.3, 0.4) is 0 Å². The minimum Gasteiger partial charge on any atom is -0.387 e. The zero-order chi connectivity index (χ0) is 18.8. The van der Waals surface area contributed by atoms with Crippen LogP contribution in [0.1, 0.15) is 37.1 Å². The summed E-state index contributed by atoms with van der Waals surface area (Å²) < 4.78 is 0. The summed E-state index contributed by atoms with van der Waals surface area (Å²) in [7, 11) is 0. The van der Waals surface area contributed by atoms with E-state index in [1.54, 1.807) is 0 Å². The fourth-order valence-corrected chi connectivity index (χ4v) is 3.92. The van der Waals surface area contributed by atoms with E-state index >= 15 is 0 Å². The molecule has 3 atom stereocenters. The van der Waals surface area contributed by atoms with Gasteiger partial charge in [0.2, 0.25) is 0 Å². The lowest BCUT2D eigenvalue weighted by Crippen LogP contribution is -2.34. The summed E-state index contributed by atoms with van der Waals surface area (Å²) in [4.78, 5) is 0. The standard InChI is InChI=1S/C25H25NO/c1-17(19-10-4-3-5-11-19)26-18(2)25(27)24-16-20-12-6-7-13-21(20)22-14-8-9-15-23(22)24/h3-18,25-27H,1-2H3/t17-,18+,25-/m1/s1. The summed E-state index contributed by atoms with van der Waals surface area (Å²) in [6.07, 6.45) is -0.592. The molecule has 0 radical (unpaired) electrons. The van der Waals surface area contributed by atoms with Gasteiger partial charge in [-0.1, -0.05) is 78.9 Å².